The molecule has 0 saturated carbocycles. The first-order chi connectivity index (χ1) is 0. The van der Waals surface area contributed by atoms with Crippen molar-refractivity contribution in [1.82, 2.24) is 0 Å². The molecule has 0 aromatic carbocycles. The van der Waals surface area contributed by atoms with Crippen molar-refractivity contribution < 1.29 is 96.8 Å². The third-order valence-electron chi connectivity index (χ3n) is 0. The van der Waals surface area contributed by atoms with Crippen LogP contribution >= 0.6 is 0 Å². The Labute approximate surface area is 94.7 Å². The fourth-order valence-corrected chi connectivity index (χ4v) is 0. The first kappa shape index (κ1) is 27.2. The van der Waals surface area contributed by atoms with Crippen LogP contribution in [-0.4, -0.2) is 0 Å². The predicted octanol–water partition coefficient (Wildman–Crippen LogP) is -0.00750. The first-order valence-electron chi connectivity index (χ1n) is 0. The van der Waals surface area contributed by atoms with Crippen molar-refractivity contribution in [3.8, 4) is 0 Å². The van der Waals surface area contributed by atoms with E-state index < -0.39 is 0 Å². The van der Waals surface area contributed by atoms with Gasteiger partial charge in [0, 0.05) is 96.8 Å². The van der Waals surface area contributed by atoms with Crippen molar-refractivity contribution in [3.05, 3.63) is 0 Å². The van der Waals surface area contributed by atoms with Gasteiger partial charge in [-0.15, -0.1) is 0 Å². The van der Waals surface area contributed by atoms with Gasteiger partial charge in [0.2, 0.25) is 0 Å². The van der Waals surface area contributed by atoms with E-state index in [0.29, 0.717) is 0 Å². The van der Waals surface area contributed by atoms with Crippen LogP contribution in [0.3, 0.4) is 0 Å². The molecule has 0 fully saturated rings. The molecule has 0 rings (SSSR count). The Balaban J connectivity index is 0. The van der Waals surface area contributed by atoms with Crippen LogP contribution in [0.5, 0.6) is 0 Å². The van der Waals surface area contributed by atoms with Crippen molar-refractivity contribution in [2.75, 3.05) is 0 Å². The van der Waals surface area contributed by atoms with Crippen molar-refractivity contribution in [2.45, 2.75) is 0 Å². The summed E-state index contributed by atoms with van der Waals surface area (Å²) in [6, 6.07) is 0. The van der Waals surface area contributed by atoms with Gasteiger partial charge >= 0.3 is 0 Å². The van der Waals surface area contributed by atoms with Gasteiger partial charge in [-0.2, -0.15) is 0 Å². The van der Waals surface area contributed by atoms with Gasteiger partial charge in [0.05, 0.1) is 0 Å². The molecular weight excluding hydrogens is 335 g/mol. The zero-order valence-corrected chi connectivity index (χ0v) is 10.5. The summed E-state index contributed by atoms with van der Waals surface area (Å²) in [5, 5.41) is 0. The summed E-state index contributed by atoms with van der Waals surface area (Å²) in [6.07, 6.45) is 0. The summed E-state index contributed by atoms with van der Waals surface area (Å²) in [6.45, 7) is 0. The van der Waals surface area contributed by atoms with E-state index in [0.717, 1.165) is 0 Å². The standard InChI is InChI=1S/La.Mn.Nb.Ti. The van der Waals surface area contributed by atoms with Crippen LogP contribution in [0.1, 0.15) is 0 Å². The van der Waals surface area contributed by atoms with E-state index in [-0.39, 0.29) is 96.8 Å². The normalized spacial score (nSPS) is 0. The van der Waals surface area contributed by atoms with Crippen molar-refractivity contribution >= 4 is 0 Å². The summed E-state index contributed by atoms with van der Waals surface area (Å²) in [7, 11) is 0. The van der Waals surface area contributed by atoms with Gasteiger partial charge in [-0.25, -0.2) is 0 Å². The fourth-order valence-electron chi connectivity index (χ4n) is 0. The largest absolute Gasteiger partial charge is 0 e. The molecule has 0 aromatic heterocycles. The minimum absolute atomic E-state index is 0. The Kier molecular flexibility index (Phi) is 111. The average molecular weight is 335 g/mol. The van der Waals surface area contributed by atoms with E-state index >= 15 is 0 Å². The van der Waals surface area contributed by atoms with E-state index in [9.17, 15) is 0 Å². The zero-order valence-electron chi connectivity index (χ0n) is 1.90. The van der Waals surface area contributed by atoms with Crippen molar-refractivity contribution in [2.24, 2.45) is 0 Å². The van der Waals surface area contributed by atoms with Crippen molar-refractivity contribution in [1.29, 1.82) is 0 Å². The Morgan fingerprint density at radius 1 is 1.00 bits per heavy atom. The molecule has 0 aliphatic heterocycles. The third-order valence-corrected chi connectivity index (χ3v) is 0. The second-order valence-electron chi connectivity index (χ2n) is 0. The van der Waals surface area contributed by atoms with Gasteiger partial charge in [0.1, 0.15) is 0 Å². The van der Waals surface area contributed by atoms with Gasteiger partial charge in [-0.3, -0.25) is 0 Å². The number of hydrogen-bond acceptors (Lipinski definition) is 0. The van der Waals surface area contributed by atoms with Gasteiger partial charge in [-0.1, -0.05) is 0 Å². The minimum atomic E-state index is 0. The maximum Gasteiger partial charge on any atom is 0 e. The molecule has 0 aromatic rings. The molecule has 0 heterocycles. The van der Waals surface area contributed by atoms with Crippen LogP contribution in [0.4, 0.5) is 0 Å². The van der Waals surface area contributed by atoms with Gasteiger partial charge in [0.25, 0.3) is 0 Å². The van der Waals surface area contributed by atoms with Crippen LogP contribution in [0.2, 0.25) is 0 Å². The summed E-state index contributed by atoms with van der Waals surface area (Å²) < 4.78 is 0. The molecular formula is LaMnNbTi. The molecule has 0 bridgehead atoms. The Morgan fingerprint density at radius 2 is 1.00 bits per heavy atom. The predicted molar refractivity (Wildman–Crippen MR) is 0 cm³/mol. The zero-order chi connectivity index (χ0) is 0. The molecule has 0 spiro atoms. The molecule has 0 unspecified atom stereocenters. The molecule has 19 valence electrons. The summed E-state index contributed by atoms with van der Waals surface area (Å²) in [5.74, 6) is 0. The Hall–Kier alpha value is 3.17. The molecule has 4 heavy (non-hydrogen) atoms. The Bertz CT molecular complexity index is 8.00. The molecule has 0 atom stereocenters. The van der Waals surface area contributed by atoms with E-state index in [1.54, 1.807) is 0 Å². The first-order valence-corrected chi connectivity index (χ1v) is 0. The van der Waals surface area contributed by atoms with Crippen LogP contribution in [0.25, 0.3) is 0 Å². The molecule has 3 radical (unpaired) electrons. The van der Waals surface area contributed by atoms with E-state index in [1.807, 2.05) is 0 Å². The quantitative estimate of drug-likeness (QED) is 0.547. The second-order valence-corrected chi connectivity index (χ2v) is 0. The second kappa shape index (κ2) is 16.4. The van der Waals surface area contributed by atoms with Crippen LogP contribution in [-0.2, 0) is 61.2 Å². The summed E-state index contributed by atoms with van der Waals surface area (Å²) in [5.41, 5.74) is 0. The average Bonchev–Trinajstić information content (AvgIpc) is 0. The Morgan fingerprint density at radius 3 is 1.00 bits per heavy atom. The van der Waals surface area contributed by atoms with E-state index in [2.05, 4.69) is 0 Å². The van der Waals surface area contributed by atoms with Crippen LogP contribution < -0.4 is 0 Å². The van der Waals surface area contributed by atoms with E-state index in [1.165, 1.54) is 0 Å². The van der Waals surface area contributed by atoms with Gasteiger partial charge in [0.15, 0.2) is 0 Å². The minimum Gasteiger partial charge on any atom is 0 e. The monoisotopic (exact) mass is 335 g/mol. The SMILES string of the molecule is [La].[Mn].[Nb].[Ti]. The van der Waals surface area contributed by atoms with E-state index in [4.69, 9.17) is 0 Å². The van der Waals surface area contributed by atoms with Crippen molar-refractivity contribution in [3.63, 3.8) is 0 Å². The third kappa shape index (κ3) is 8.95. The molecule has 0 nitrogen and oxygen atoms in total. The van der Waals surface area contributed by atoms with Crippen LogP contribution in [0, 0.1) is 35.6 Å². The number of rotatable bonds is 0. The van der Waals surface area contributed by atoms with Gasteiger partial charge < -0.3 is 0 Å². The summed E-state index contributed by atoms with van der Waals surface area (Å²) >= 11 is 0. The molecule has 4 heteroatoms. The fraction of sp³-hybridized carbons (Fsp3) is 0. The summed E-state index contributed by atoms with van der Waals surface area (Å²) in [4.78, 5) is 0. The topological polar surface area (TPSA) is 0 Å². The maximum absolute atomic E-state index is 0. The van der Waals surface area contributed by atoms with Gasteiger partial charge in [-0.05, 0) is 0 Å². The molecule has 0 saturated heterocycles. The molecule has 0 aliphatic rings. The molecule has 0 aliphatic carbocycles. The molecule has 0 amide bonds. The number of hydrogen-bond donors (Lipinski definition) is 0. The smallest absolute Gasteiger partial charge is 0 e. The maximum atomic E-state index is 0. The van der Waals surface area contributed by atoms with Crippen LogP contribution in [0.15, 0.2) is 0 Å². The molecule has 0 N–H and O–H groups in total.